The molecule has 3 heteroatoms. The Morgan fingerprint density at radius 1 is 1.42 bits per heavy atom. The molecule has 0 N–H and O–H groups in total. The summed E-state index contributed by atoms with van der Waals surface area (Å²) in [5, 5.41) is 0. The predicted molar refractivity (Wildman–Crippen MR) is 72.7 cm³/mol. The minimum Gasteiger partial charge on any atom is -0.426 e. The summed E-state index contributed by atoms with van der Waals surface area (Å²) in [7, 11) is 0. The zero-order valence-corrected chi connectivity index (χ0v) is 12.2. The Labute approximate surface area is 114 Å². The Kier molecular flexibility index (Phi) is 2.77. The highest BCUT2D eigenvalue weighted by Gasteiger charge is 2.56. The van der Waals surface area contributed by atoms with Crippen molar-refractivity contribution >= 4 is 6.16 Å². The summed E-state index contributed by atoms with van der Waals surface area (Å²) in [6, 6.07) is 0. The Balaban J connectivity index is 2.09. The number of fused-ring (bicyclic) bond motifs is 3. The van der Waals surface area contributed by atoms with Crippen LogP contribution in [0.4, 0.5) is 4.79 Å². The first kappa shape index (κ1) is 12.8. The number of allylic oxidation sites excluding steroid dienone is 2. The van der Waals surface area contributed by atoms with E-state index in [-0.39, 0.29) is 6.10 Å². The lowest BCUT2D eigenvalue weighted by atomic mass is 9.80. The summed E-state index contributed by atoms with van der Waals surface area (Å²) in [6.45, 7) is 8.64. The zero-order chi connectivity index (χ0) is 13.8. The van der Waals surface area contributed by atoms with Gasteiger partial charge in [-0.25, -0.2) is 4.79 Å². The van der Waals surface area contributed by atoms with E-state index in [0.29, 0.717) is 11.8 Å². The van der Waals surface area contributed by atoms with Crippen molar-refractivity contribution in [3.05, 3.63) is 22.8 Å². The van der Waals surface area contributed by atoms with Gasteiger partial charge in [0, 0.05) is 12.3 Å². The molecule has 2 aliphatic carbocycles. The molecule has 0 aromatic rings. The van der Waals surface area contributed by atoms with Crippen LogP contribution >= 0.6 is 0 Å². The van der Waals surface area contributed by atoms with Gasteiger partial charge in [0.15, 0.2) is 5.60 Å². The second-order valence-electron chi connectivity index (χ2n) is 6.55. The van der Waals surface area contributed by atoms with Crippen molar-refractivity contribution in [2.75, 3.05) is 0 Å². The molecular formula is C16H22O3. The molecule has 0 aromatic carbocycles. The van der Waals surface area contributed by atoms with Crippen molar-refractivity contribution in [3.63, 3.8) is 0 Å². The van der Waals surface area contributed by atoms with E-state index in [0.717, 1.165) is 19.3 Å². The van der Waals surface area contributed by atoms with Crippen molar-refractivity contribution in [2.45, 2.75) is 58.7 Å². The van der Waals surface area contributed by atoms with Gasteiger partial charge in [-0.3, -0.25) is 0 Å². The van der Waals surface area contributed by atoms with Gasteiger partial charge in [-0.15, -0.1) is 0 Å². The van der Waals surface area contributed by atoms with E-state index in [1.165, 1.54) is 16.7 Å². The summed E-state index contributed by atoms with van der Waals surface area (Å²) >= 11 is 0. The molecule has 1 unspecified atom stereocenters. The third-order valence-corrected chi connectivity index (χ3v) is 5.05. The largest absolute Gasteiger partial charge is 0.509 e. The van der Waals surface area contributed by atoms with Gasteiger partial charge in [0.05, 0.1) is 0 Å². The number of carbonyl (C=O) groups excluding carboxylic acids is 1. The number of ether oxygens (including phenoxy) is 2. The van der Waals surface area contributed by atoms with Gasteiger partial charge < -0.3 is 9.47 Å². The molecule has 0 aromatic heterocycles. The SMILES string of the molecule is CC1=C2C=C(C(C)C)CC3OC(=O)O[C@@]3(C)[C@@H]2CC1. The van der Waals surface area contributed by atoms with Crippen LogP contribution in [0.5, 0.6) is 0 Å². The van der Waals surface area contributed by atoms with Crippen LogP contribution in [-0.4, -0.2) is 17.9 Å². The highest BCUT2D eigenvalue weighted by molar-refractivity contribution is 5.64. The fraction of sp³-hybridized carbons (Fsp3) is 0.688. The first-order valence-corrected chi connectivity index (χ1v) is 7.21. The normalized spacial score (nSPS) is 37.5. The molecule has 104 valence electrons. The number of rotatable bonds is 1. The van der Waals surface area contributed by atoms with Gasteiger partial charge >= 0.3 is 6.16 Å². The second kappa shape index (κ2) is 4.12. The van der Waals surface area contributed by atoms with E-state index in [2.05, 4.69) is 26.8 Å². The summed E-state index contributed by atoms with van der Waals surface area (Å²) < 4.78 is 11.0. The molecule has 3 atom stereocenters. The molecule has 0 amide bonds. The molecule has 3 rings (SSSR count). The maximum Gasteiger partial charge on any atom is 0.509 e. The minimum absolute atomic E-state index is 0.137. The lowest BCUT2D eigenvalue weighted by Gasteiger charge is -2.32. The second-order valence-corrected chi connectivity index (χ2v) is 6.55. The average Bonchev–Trinajstić information content (AvgIpc) is 2.77. The van der Waals surface area contributed by atoms with Crippen LogP contribution in [0.25, 0.3) is 0 Å². The van der Waals surface area contributed by atoms with Crippen LogP contribution in [0.3, 0.4) is 0 Å². The molecule has 0 bridgehead atoms. The molecule has 0 saturated carbocycles. The smallest absolute Gasteiger partial charge is 0.426 e. The van der Waals surface area contributed by atoms with Gasteiger partial charge in [-0.05, 0) is 38.2 Å². The van der Waals surface area contributed by atoms with E-state index >= 15 is 0 Å². The molecule has 3 aliphatic rings. The van der Waals surface area contributed by atoms with Crippen LogP contribution in [0, 0.1) is 11.8 Å². The van der Waals surface area contributed by atoms with Gasteiger partial charge in [0.2, 0.25) is 0 Å². The average molecular weight is 262 g/mol. The fourth-order valence-corrected chi connectivity index (χ4v) is 3.69. The van der Waals surface area contributed by atoms with Crippen LogP contribution in [0.15, 0.2) is 22.8 Å². The molecular weight excluding hydrogens is 240 g/mol. The van der Waals surface area contributed by atoms with Crippen LogP contribution in [-0.2, 0) is 9.47 Å². The van der Waals surface area contributed by atoms with Crippen LogP contribution < -0.4 is 0 Å². The van der Waals surface area contributed by atoms with Gasteiger partial charge in [0.1, 0.15) is 6.10 Å². The number of carbonyl (C=O) groups is 1. The van der Waals surface area contributed by atoms with E-state index in [1.54, 1.807) is 0 Å². The van der Waals surface area contributed by atoms with Crippen molar-refractivity contribution in [1.82, 2.24) is 0 Å². The molecule has 3 nitrogen and oxygen atoms in total. The molecule has 0 spiro atoms. The zero-order valence-electron chi connectivity index (χ0n) is 12.2. The lowest BCUT2D eigenvalue weighted by Crippen LogP contribution is -2.43. The number of hydrogen-bond acceptors (Lipinski definition) is 3. The first-order valence-electron chi connectivity index (χ1n) is 7.21. The highest BCUT2D eigenvalue weighted by atomic mass is 16.8. The quantitative estimate of drug-likeness (QED) is 0.670. The van der Waals surface area contributed by atoms with Crippen LogP contribution in [0.2, 0.25) is 0 Å². The van der Waals surface area contributed by atoms with Crippen LogP contribution in [0.1, 0.15) is 47.0 Å². The summed E-state index contributed by atoms with van der Waals surface area (Å²) in [4.78, 5) is 11.6. The third kappa shape index (κ3) is 1.82. The number of hydrogen-bond donors (Lipinski definition) is 0. The van der Waals surface area contributed by atoms with Crippen molar-refractivity contribution in [1.29, 1.82) is 0 Å². The van der Waals surface area contributed by atoms with Crippen molar-refractivity contribution in [3.8, 4) is 0 Å². The maximum atomic E-state index is 11.6. The van der Waals surface area contributed by atoms with E-state index in [9.17, 15) is 4.79 Å². The van der Waals surface area contributed by atoms with E-state index in [1.807, 2.05) is 6.92 Å². The fourth-order valence-electron chi connectivity index (χ4n) is 3.69. The van der Waals surface area contributed by atoms with Crippen molar-refractivity contribution < 1.29 is 14.3 Å². The lowest BCUT2D eigenvalue weighted by molar-refractivity contribution is 0.00693. The Morgan fingerprint density at radius 2 is 2.16 bits per heavy atom. The Bertz CT molecular complexity index is 486. The van der Waals surface area contributed by atoms with Gasteiger partial charge in [-0.1, -0.05) is 31.1 Å². The van der Waals surface area contributed by atoms with E-state index in [4.69, 9.17) is 9.47 Å². The third-order valence-electron chi connectivity index (χ3n) is 5.05. The van der Waals surface area contributed by atoms with Gasteiger partial charge in [-0.2, -0.15) is 0 Å². The molecule has 1 heterocycles. The topological polar surface area (TPSA) is 35.5 Å². The highest BCUT2D eigenvalue weighted by Crippen LogP contribution is 2.50. The predicted octanol–water partition coefficient (Wildman–Crippen LogP) is 3.99. The standard InChI is InChI=1S/C16H22O3/c1-9(2)11-7-12-10(3)5-6-13(12)16(4)14(8-11)18-15(17)19-16/h7,9,13-14H,5-6,8H2,1-4H3/t13-,14?,16+/m1/s1. The molecule has 0 radical (unpaired) electrons. The Morgan fingerprint density at radius 3 is 2.84 bits per heavy atom. The van der Waals surface area contributed by atoms with Gasteiger partial charge in [0.25, 0.3) is 0 Å². The summed E-state index contributed by atoms with van der Waals surface area (Å²) in [6.07, 6.45) is 4.67. The Hall–Kier alpha value is -1.25. The molecule has 1 fully saturated rings. The first-order chi connectivity index (χ1) is 8.91. The minimum atomic E-state index is -0.499. The van der Waals surface area contributed by atoms with E-state index < -0.39 is 11.8 Å². The monoisotopic (exact) mass is 262 g/mol. The van der Waals surface area contributed by atoms with Crippen molar-refractivity contribution in [2.24, 2.45) is 11.8 Å². The molecule has 1 saturated heterocycles. The molecule has 1 aliphatic heterocycles. The summed E-state index contributed by atoms with van der Waals surface area (Å²) in [5.74, 6) is 0.767. The maximum absolute atomic E-state index is 11.6. The summed E-state index contributed by atoms with van der Waals surface area (Å²) in [5.41, 5.74) is 3.70. The molecule has 19 heavy (non-hydrogen) atoms.